The van der Waals surface area contributed by atoms with Gasteiger partial charge < -0.3 is 10.6 Å². The lowest BCUT2D eigenvalue weighted by atomic mass is 10.1. The van der Waals surface area contributed by atoms with E-state index in [0.717, 1.165) is 19.6 Å². The fourth-order valence-corrected chi connectivity index (χ4v) is 2.33. The maximum atomic E-state index is 11.7. The zero-order valence-electron chi connectivity index (χ0n) is 10.8. The van der Waals surface area contributed by atoms with Crippen LogP contribution >= 0.6 is 0 Å². The molecule has 1 aliphatic heterocycles. The summed E-state index contributed by atoms with van der Waals surface area (Å²) in [6.07, 6.45) is 2.48. The van der Waals surface area contributed by atoms with Crippen LogP contribution in [0.3, 0.4) is 0 Å². The molecule has 0 aromatic heterocycles. The molecule has 0 spiro atoms. The van der Waals surface area contributed by atoms with Crippen molar-refractivity contribution in [3.05, 3.63) is 0 Å². The summed E-state index contributed by atoms with van der Waals surface area (Å²) in [6, 6.07) is 0.552. The van der Waals surface area contributed by atoms with Crippen molar-refractivity contribution in [3.63, 3.8) is 0 Å². The minimum Gasteiger partial charge on any atom is -0.354 e. The molecule has 2 unspecified atom stereocenters. The summed E-state index contributed by atoms with van der Waals surface area (Å²) in [5.74, 6) is 0.221. The van der Waals surface area contributed by atoms with Crippen molar-refractivity contribution in [2.24, 2.45) is 5.92 Å². The first-order valence-corrected chi connectivity index (χ1v) is 6.35. The van der Waals surface area contributed by atoms with Gasteiger partial charge in [-0.3, -0.25) is 9.69 Å². The van der Waals surface area contributed by atoms with Crippen molar-refractivity contribution in [3.8, 4) is 0 Å². The van der Waals surface area contributed by atoms with E-state index < -0.39 is 0 Å². The fourth-order valence-electron chi connectivity index (χ4n) is 2.33. The van der Waals surface area contributed by atoms with Gasteiger partial charge in [-0.2, -0.15) is 0 Å². The Morgan fingerprint density at radius 1 is 1.56 bits per heavy atom. The lowest BCUT2D eigenvalue weighted by molar-refractivity contribution is -0.124. The Hall–Kier alpha value is -0.610. The van der Waals surface area contributed by atoms with Crippen LogP contribution in [0.1, 0.15) is 26.7 Å². The highest BCUT2D eigenvalue weighted by molar-refractivity contribution is 5.78. The van der Waals surface area contributed by atoms with E-state index in [-0.39, 0.29) is 11.8 Å². The quantitative estimate of drug-likeness (QED) is 0.692. The summed E-state index contributed by atoms with van der Waals surface area (Å²) in [4.78, 5) is 14.2. The van der Waals surface area contributed by atoms with Gasteiger partial charge in [0, 0.05) is 25.0 Å². The maximum Gasteiger partial charge on any atom is 0.224 e. The molecule has 0 radical (unpaired) electrons. The first-order valence-electron chi connectivity index (χ1n) is 6.35. The van der Waals surface area contributed by atoms with Gasteiger partial charge in [-0.05, 0) is 33.0 Å². The molecule has 1 rings (SSSR count). The molecule has 1 fully saturated rings. The highest BCUT2D eigenvalue weighted by Gasteiger charge is 2.23. The van der Waals surface area contributed by atoms with E-state index in [9.17, 15) is 4.79 Å². The third-order valence-corrected chi connectivity index (χ3v) is 3.38. The second kappa shape index (κ2) is 6.86. The van der Waals surface area contributed by atoms with Crippen LogP contribution < -0.4 is 10.6 Å². The van der Waals surface area contributed by atoms with Gasteiger partial charge in [0.15, 0.2) is 0 Å². The van der Waals surface area contributed by atoms with E-state index in [1.807, 2.05) is 14.0 Å². The summed E-state index contributed by atoms with van der Waals surface area (Å²) in [5, 5.41) is 6.08. The zero-order valence-corrected chi connectivity index (χ0v) is 10.8. The minimum absolute atomic E-state index is 0.0569. The molecule has 1 saturated heterocycles. The monoisotopic (exact) mass is 227 g/mol. The number of amides is 1. The molecule has 1 amide bonds. The van der Waals surface area contributed by atoms with Crippen LogP contribution in [0.2, 0.25) is 0 Å². The van der Waals surface area contributed by atoms with Gasteiger partial charge in [0.05, 0.1) is 0 Å². The summed E-state index contributed by atoms with van der Waals surface area (Å²) in [5.41, 5.74) is 0. The van der Waals surface area contributed by atoms with Gasteiger partial charge in [-0.15, -0.1) is 0 Å². The number of nitrogens with one attached hydrogen (secondary N) is 2. The lowest BCUT2D eigenvalue weighted by Crippen LogP contribution is -2.42. The predicted octanol–water partition coefficient (Wildman–Crippen LogP) is 0.442. The maximum absolute atomic E-state index is 11.7. The molecule has 1 aliphatic rings. The van der Waals surface area contributed by atoms with Crippen LogP contribution in [0.15, 0.2) is 0 Å². The van der Waals surface area contributed by atoms with Gasteiger partial charge in [-0.1, -0.05) is 13.8 Å². The smallest absolute Gasteiger partial charge is 0.224 e. The van der Waals surface area contributed by atoms with Crippen molar-refractivity contribution in [2.45, 2.75) is 32.7 Å². The zero-order chi connectivity index (χ0) is 12.0. The second-order valence-electron chi connectivity index (χ2n) is 4.63. The minimum atomic E-state index is 0.0569. The standard InChI is InChI=1S/C12H25N3O/c1-4-15-7-5-6-11(15)9-14-12(16)10(2)8-13-3/h10-11,13H,4-9H2,1-3H3,(H,14,16). The van der Waals surface area contributed by atoms with E-state index >= 15 is 0 Å². The molecule has 94 valence electrons. The van der Waals surface area contributed by atoms with Crippen LogP contribution in [0.4, 0.5) is 0 Å². The van der Waals surface area contributed by atoms with E-state index in [2.05, 4.69) is 22.5 Å². The van der Waals surface area contributed by atoms with Crippen molar-refractivity contribution < 1.29 is 4.79 Å². The number of likely N-dealkylation sites (tertiary alicyclic amines) is 1. The highest BCUT2D eigenvalue weighted by atomic mass is 16.1. The average Bonchev–Trinajstić information content (AvgIpc) is 2.73. The van der Waals surface area contributed by atoms with E-state index in [1.54, 1.807) is 0 Å². The topological polar surface area (TPSA) is 44.4 Å². The Labute approximate surface area is 98.8 Å². The third-order valence-electron chi connectivity index (χ3n) is 3.38. The molecule has 16 heavy (non-hydrogen) atoms. The van der Waals surface area contributed by atoms with Crippen LogP contribution in [0, 0.1) is 5.92 Å². The van der Waals surface area contributed by atoms with Crippen molar-refractivity contribution in [2.75, 3.05) is 33.2 Å². The number of carbonyl (C=O) groups excluding carboxylic acids is 1. The van der Waals surface area contributed by atoms with Gasteiger partial charge >= 0.3 is 0 Å². The first kappa shape index (κ1) is 13.5. The summed E-state index contributed by atoms with van der Waals surface area (Å²) in [7, 11) is 1.87. The van der Waals surface area contributed by atoms with Crippen molar-refractivity contribution in [1.82, 2.24) is 15.5 Å². The van der Waals surface area contributed by atoms with Gasteiger partial charge in [0.1, 0.15) is 0 Å². The van der Waals surface area contributed by atoms with Gasteiger partial charge in [0.25, 0.3) is 0 Å². The normalized spacial score (nSPS) is 23.3. The fraction of sp³-hybridized carbons (Fsp3) is 0.917. The molecule has 2 atom stereocenters. The Morgan fingerprint density at radius 2 is 2.31 bits per heavy atom. The highest BCUT2D eigenvalue weighted by Crippen LogP contribution is 2.15. The molecular weight excluding hydrogens is 202 g/mol. The molecule has 0 saturated carbocycles. The largest absolute Gasteiger partial charge is 0.354 e. The van der Waals surface area contributed by atoms with Crippen molar-refractivity contribution in [1.29, 1.82) is 0 Å². The van der Waals surface area contributed by atoms with E-state index in [0.29, 0.717) is 6.04 Å². The van der Waals surface area contributed by atoms with Crippen LogP contribution in [-0.4, -0.2) is 50.1 Å². The SMILES string of the molecule is CCN1CCCC1CNC(=O)C(C)CNC. The van der Waals surface area contributed by atoms with Crippen LogP contribution in [0.5, 0.6) is 0 Å². The van der Waals surface area contributed by atoms with Crippen LogP contribution in [0.25, 0.3) is 0 Å². The number of hydrogen-bond acceptors (Lipinski definition) is 3. The van der Waals surface area contributed by atoms with Crippen molar-refractivity contribution >= 4 is 5.91 Å². The molecule has 0 aromatic carbocycles. The molecule has 0 bridgehead atoms. The Balaban J connectivity index is 2.25. The molecular formula is C12H25N3O. The predicted molar refractivity (Wildman–Crippen MR) is 66.4 cm³/mol. The number of nitrogens with zero attached hydrogens (tertiary/aromatic N) is 1. The molecule has 4 nitrogen and oxygen atoms in total. The molecule has 0 aliphatic carbocycles. The second-order valence-corrected chi connectivity index (χ2v) is 4.63. The number of likely N-dealkylation sites (N-methyl/N-ethyl adjacent to an activating group) is 1. The molecule has 4 heteroatoms. The van der Waals surface area contributed by atoms with Gasteiger partial charge in [-0.25, -0.2) is 0 Å². The third kappa shape index (κ3) is 3.76. The summed E-state index contributed by atoms with van der Waals surface area (Å²) < 4.78 is 0. The van der Waals surface area contributed by atoms with E-state index in [4.69, 9.17) is 0 Å². The number of rotatable bonds is 6. The summed E-state index contributed by atoms with van der Waals surface area (Å²) >= 11 is 0. The Bertz CT molecular complexity index is 220. The summed E-state index contributed by atoms with van der Waals surface area (Å²) in [6.45, 7) is 7.96. The Morgan fingerprint density at radius 3 is 2.94 bits per heavy atom. The van der Waals surface area contributed by atoms with Crippen LogP contribution in [-0.2, 0) is 4.79 Å². The number of carbonyl (C=O) groups is 1. The Kier molecular flexibility index (Phi) is 5.77. The molecule has 0 aromatic rings. The molecule has 2 N–H and O–H groups in total. The molecule has 1 heterocycles. The average molecular weight is 227 g/mol. The number of hydrogen-bond donors (Lipinski definition) is 2. The first-order chi connectivity index (χ1) is 7.69. The van der Waals surface area contributed by atoms with E-state index in [1.165, 1.54) is 19.4 Å². The lowest BCUT2D eigenvalue weighted by Gasteiger charge is -2.23. The van der Waals surface area contributed by atoms with Gasteiger partial charge in [0.2, 0.25) is 5.91 Å².